The molecule has 2 rings (SSSR count). The number of hydrogen-bond acceptors (Lipinski definition) is 2. The third-order valence-electron chi connectivity index (χ3n) is 2.98. The van der Waals surface area contributed by atoms with Crippen LogP contribution in [-0.2, 0) is 0 Å². The Kier molecular flexibility index (Phi) is 3.63. The molecule has 1 heterocycles. The van der Waals surface area contributed by atoms with E-state index in [0.717, 1.165) is 23.8 Å². The van der Waals surface area contributed by atoms with Crippen LogP contribution in [0.15, 0.2) is 18.2 Å². The second-order valence-electron chi connectivity index (χ2n) is 4.41. The van der Waals surface area contributed by atoms with Crippen molar-refractivity contribution in [2.24, 2.45) is 0 Å². The second kappa shape index (κ2) is 4.82. The fraction of sp³-hybridized carbons (Fsp3) is 0.500. The molecule has 2 nitrogen and oxygen atoms in total. The lowest BCUT2D eigenvalue weighted by Crippen LogP contribution is -2.54. The highest BCUT2D eigenvalue weighted by Gasteiger charge is 2.23. The summed E-state index contributed by atoms with van der Waals surface area (Å²) in [4.78, 5) is 2.33. The SMILES string of the molecule is C[C@@H]1CN(c2ccc(Cl)cc2Cl)[C@@H](C)CN1. The van der Waals surface area contributed by atoms with Crippen molar-refractivity contribution >= 4 is 28.9 Å². The lowest BCUT2D eigenvalue weighted by molar-refractivity contribution is 0.425. The van der Waals surface area contributed by atoms with Gasteiger partial charge in [-0.15, -0.1) is 0 Å². The van der Waals surface area contributed by atoms with E-state index in [1.165, 1.54) is 0 Å². The van der Waals surface area contributed by atoms with Gasteiger partial charge in [0.15, 0.2) is 0 Å². The minimum atomic E-state index is 0.454. The topological polar surface area (TPSA) is 15.3 Å². The van der Waals surface area contributed by atoms with E-state index in [-0.39, 0.29) is 0 Å². The van der Waals surface area contributed by atoms with Gasteiger partial charge >= 0.3 is 0 Å². The molecule has 1 aliphatic rings. The summed E-state index contributed by atoms with van der Waals surface area (Å²) in [6.07, 6.45) is 0. The number of halogens is 2. The van der Waals surface area contributed by atoms with Crippen LogP contribution in [0.1, 0.15) is 13.8 Å². The van der Waals surface area contributed by atoms with Crippen LogP contribution in [-0.4, -0.2) is 25.2 Å². The maximum Gasteiger partial charge on any atom is 0.0654 e. The van der Waals surface area contributed by atoms with E-state index in [2.05, 4.69) is 24.1 Å². The molecule has 1 fully saturated rings. The number of hydrogen-bond donors (Lipinski definition) is 1. The third-order valence-corrected chi connectivity index (χ3v) is 3.52. The van der Waals surface area contributed by atoms with E-state index < -0.39 is 0 Å². The molecule has 0 radical (unpaired) electrons. The van der Waals surface area contributed by atoms with E-state index >= 15 is 0 Å². The van der Waals surface area contributed by atoms with Gasteiger partial charge in [0, 0.05) is 30.2 Å². The summed E-state index contributed by atoms with van der Waals surface area (Å²) in [5.74, 6) is 0. The van der Waals surface area contributed by atoms with Crippen molar-refractivity contribution in [3.8, 4) is 0 Å². The van der Waals surface area contributed by atoms with E-state index in [0.29, 0.717) is 17.1 Å². The summed E-state index contributed by atoms with van der Waals surface area (Å²) in [7, 11) is 0. The Hall–Kier alpha value is -0.440. The first-order valence-corrected chi connectivity index (χ1v) is 6.28. The smallest absolute Gasteiger partial charge is 0.0654 e. The average Bonchev–Trinajstić information content (AvgIpc) is 2.22. The zero-order valence-electron chi connectivity index (χ0n) is 9.50. The molecule has 4 heteroatoms. The highest BCUT2D eigenvalue weighted by atomic mass is 35.5. The van der Waals surface area contributed by atoms with Gasteiger partial charge in [0.1, 0.15) is 0 Å². The van der Waals surface area contributed by atoms with Gasteiger partial charge in [-0.1, -0.05) is 23.2 Å². The van der Waals surface area contributed by atoms with Crippen LogP contribution >= 0.6 is 23.2 Å². The Morgan fingerprint density at radius 2 is 2.06 bits per heavy atom. The largest absolute Gasteiger partial charge is 0.365 e. The van der Waals surface area contributed by atoms with Crippen molar-refractivity contribution in [1.82, 2.24) is 5.32 Å². The summed E-state index contributed by atoms with van der Waals surface area (Å²) >= 11 is 12.1. The van der Waals surface area contributed by atoms with Crippen molar-refractivity contribution in [3.63, 3.8) is 0 Å². The first-order chi connectivity index (χ1) is 7.58. The number of nitrogens with one attached hydrogen (secondary N) is 1. The Bertz CT molecular complexity index is 381. The molecule has 1 N–H and O–H groups in total. The van der Waals surface area contributed by atoms with Crippen molar-refractivity contribution in [1.29, 1.82) is 0 Å². The van der Waals surface area contributed by atoms with Gasteiger partial charge in [-0.3, -0.25) is 0 Å². The van der Waals surface area contributed by atoms with Gasteiger partial charge in [0.25, 0.3) is 0 Å². The highest BCUT2D eigenvalue weighted by Crippen LogP contribution is 2.30. The van der Waals surface area contributed by atoms with Crippen LogP contribution in [0, 0.1) is 0 Å². The standard InChI is InChI=1S/C12H16Cl2N2/c1-8-7-16(9(2)6-15-8)12-4-3-10(13)5-11(12)14/h3-5,8-9,15H,6-7H2,1-2H3/t8-,9+/m1/s1. The Balaban J connectivity index is 2.28. The average molecular weight is 259 g/mol. The van der Waals surface area contributed by atoms with Crippen LogP contribution in [0.25, 0.3) is 0 Å². The molecule has 0 saturated carbocycles. The maximum absolute atomic E-state index is 6.23. The van der Waals surface area contributed by atoms with Crippen LogP contribution in [0.4, 0.5) is 5.69 Å². The third kappa shape index (κ3) is 2.45. The van der Waals surface area contributed by atoms with Crippen molar-refractivity contribution in [3.05, 3.63) is 28.2 Å². The predicted molar refractivity (Wildman–Crippen MR) is 70.7 cm³/mol. The van der Waals surface area contributed by atoms with Gasteiger partial charge in [0.2, 0.25) is 0 Å². The zero-order valence-corrected chi connectivity index (χ0v) is 11.0. The lowest BCUT2D eigenvalue weighted by Gasteiger charge is -2.39. The molecular weight excluding hydrogens is 243 g/mol. The molecule has 2 atom stereocenters. The van der Waals surface area contributed by atoms with Crippen LogP contribution < -0.4 is 10.2 Å². The molecule has 0 spiro atoms. The number of anilines is 1. The number of piperazine rings is 1. The summed E-state index contributed by atoms with van der Waals surface area (Å²) < 4.78 is 0. The first-order valence-electron chi connectivity index (χ1n) is 5.53. The number of nitrogens with zero attached hydrogens (tertiary/aromatic N) is 1. The number of rotatable bonds is 1. The molecule has 1 saturated heterocycles. The minimum absolute atomic E-state index is 0.454. The molecular formula is C12H16Cl2N2. The Morgan fingerprint density at radius 1 is 1.31 bits per heavy atom. The predicted octanol–water partition coefficient (Wildman–Crippen LogP) is 3.18. The molecule has 0 unspecified atom stereocenters. The quantitative estimate of drug-likeness (QED) is 0.833. The molecule has 88 valence electrons. The summed E-state index contributed by atoms with van der Waals surface area (Å²) in [6, 6.07) is 6.64. The highest BCUT2D eigenvalue weighted by molar-refractivity contribution is 6.36. The molecule has 0 aliphatic carbocycles. The maximum atomic E-state index is 6.23. The fourth-order valence-corrected chi connectivity index (χ4v) is 2.59. The van der Waals surface area contributed by atoms with Crippen molar-refractivity contribution in [2.75, 3.05) is 18.0 Å². The van der Waals surface area contributed by atoms with Gasteiger partial charge in [0.05, 0.1) is 10.7 Å². The summed E-state index contributed by atoms with van der Waals surface area (Å²) in [5.41, 5.74) is 1.08. The monoisotopic (exact) mass is 258 g/mol. The van der Waals surface area contributed by atoms with Gasteiger partial charge in [-0.2, -0.15) is 0 Å². The van der Waals surface area contributed by atoms with E-state index in [1.54, 1.807) is 6.07 Å². The van der Waals surface area contributed by atoms with E-state index in [4.69, 9.17) is 23.2 Å². The number of benzene rings is 1. The van der Waals surface area contributed by atoms with E-state index in [9.17, 15) is 0 Å². The first kappa shape index (κ1) is 12.0. The molecule has 0 amide bonds. The lowest BCUT2D eigenvalue weighted by atomic mass is 10.1. The zero-order chi connectivity index (χ0) is 11.7. The Morgan fingerprint density at radius 3 is 2.75 bits per heavy atom. The summed E-state index contributed by atoms with van der Waals surface area (Å²) in [5, 5.41) is 4.87. The van der Waals surface area contributed by atoms with Gasteiger partial charge in [-0.25, -0.2) is 0 Å². The minimum Gasteiger partial charge on any atom is -0.365 e. The molecule has 1 aromatic rings. The molecule has 1 aliphatic heterocycles. The van der Waals surface area contributed by atoms with Crippen molar-refractivity contribution in [2.45, 2.75) is 25.9 Å². The normalized spacial score (nSPS) is 25.9. The van der Waals surface area contributed by atoms with Crippen LogP contribution in [0.5, 0.6) is 0 Å². The summed E-state index contributed by atoms with van der Waals surface area (Å²) in [6.45, 7) is 6.34. The van der Waals surface area contributed by atoms with Crippen LogP contribution in [0.3, 0.4) is 0 Å². The van der Waals surface area contributed by atoms with Crippen LogP contribution in [0.2, 0.25) is 10.0 Å². The van der Waals surface area contributed by atoms with E-state index in [1.807, 2.05) is 12.1 Å². The fourth-order valence-electron chi connectivity index (χ4n) is 2.07. The second-order valence-corrected chi connectivity index (χ2v) is 5.25. The van der Waals surface area contributed by atoms with Crippen molar-refractivity contribution < 1.29 is 0 Å². The molecule has 1 aromatic carbocycles. The molecule has 0 aromatic heterocycles. The molecule has 16 heavy (non-hydrogen) atoms. The van der Waals surface area contributed by atoms with Gasteiger partial charge in [-0.05, 0) is 32.0 Å². The van der Waals surface area contributed by atoms with Gasteiger partial charge < -0.3 is 10.2 Å². The molecule has 0 bridgehead atoms. The Labute approximate surface area is 107 Å².